The molecule has 0 fully saturated rings. The maximum absolute atomic E-state index is 8.80. The van der Waals surface area contributed by atoms with Crippen molar-refractivity contribution in [3.63, 3.8) is 0 Å². The van der Waals surface area contributed by atoms with Crippen molar-refractivity contribution in [3.8, 4) is 0 Å². The molecule has 2 nitrogen and oxygen atoms in total. The van der Waals surface area contributed by atoms with Gasteiger partial charge in [0.2, 0.25) is 0 Å². The van der Waals surface area contributed by atoms with E-state index in [0.29, 0.717) is 0 Å². The summed E-state index contributed by atoms with van der Waals surface area (Å²) in [5, 5.41) is 8.80. The third-order valence-electron chi connectivity index (χ3n) is 3.82. The summed E-state index contributed by atoms with van der Waals surface area (Å²) in [7, 11) is 0. The van der Waals surface area contributed by atoms with Crippen LogP contribution in [-0.2, 0) is 0 Å². The van der Waals surface area contributed by atoms with Crippen molar-refractivity contribution in [1.29, 1.82) is 0 Å². The quantitative estimate of drug-likeness (QED) is 0.330. The molecule has 0 aliphatic carbocycles. The van der Waals surface area contributed by atoms with Crippen LogP contribution in [0.2, 0.25) is 0 Å². The molecule has 0 amide bonds. The van der Waals surface area contributed by atoms with E-state index in [1.54, 1.807) is 0 Å². The fourth-order valence-electron chi connectivity index (χ4n) is 2.39. The van der Waals surface area contributed by atoms with Crippen LogP contribution in [0.3, 0.4) is 0 Å². The predicted molar refractivity (Wildman–Crippen MR) is 89.9 cm³/mol. The number of aliphatic hydroxyl groups is 1. The number of unbranched alkanes of at least 4 members (excludes halogenated alkanes) is 10. The molecular weight excluding hydrogens is 246 g/mol. The van der Waals surface area contributed by atoms with E-state index >= 15 is 0 Å². The average Bonchev–Trinajstić information content (AvgIpc) is 2.47. The standard InChI is InChI=1S/C18H37NO/c1-2-3-4-5-6-7-8-9-10-11-12-13-14-15-16-18(19)17-20/h9-10,18,20H,2-8,11-17,19H2,1H3/b10-9-/t18-/m0/s1. The van der Waals surface area contributed by atoms with Gasteiger partial charge in [-0.05, 0) is 32.1 Å². The minimum absolute atomic E-state index is 0.00720. The molecule has 2 heteroatoms. The van der Waals surface area contributed by atoms with E-state index < -0.39 is 0 Å². The van der Waals surface area contributed by atoms with Gasteiger partial charge in [0.05, 0.1) is 6.61 Å². The molecule has 0 aromatic rings. The lowest BCUT2D eigenvalue weighted by Gasteiger charge is -2.06. The summed E-state index contributed by atoms with van der Waals surface area (Å²) in [4.78, 5) is 0. The van der Waals surface area contributed by atoms with Crippen LogP contribution in [0, 0.1) is 0 Å². The van der Waals surface area contributed by atoms with Gasteiger partial charge in [-0.25, -0.2) is 0 Å². The fourth-order valence-corrected chi connectivity index (χ4v) is 2.39. The zero-order valence-corrected chi connectivity index (χ0v) is 13.7. The summed E-state index contributed by atoms with van der Waals surface area (Å²) in [5.41, 5.74) is 5.66. The monoisotopic (exact) mass is 283 g/mol. The van der Waals surface area contributed by atoms with Crippen molar-refractivity contribution in [1.82, 2.24) is 0 Å². The van der Waals surface area contributed by atoms with Gasteiger partial charge in [0, 0.05) is 6.04 Å². The van der Waals surface area contributed by atoms with Crippen molar-refractivity contribution in [2.24, 2.45) is 5.73 Å². The maximum atomic E-state index is 8.80. The molecule has 0 aromatic heterocycles. The molecule has 0 unspecified atom stereocenters. The van der Waals surface area contributed by atoms with E-state index in [0.717, 1.165) is 12.8 Å². The Hall–Kier alpha value is -0.340. The van der Waals surface area contributed by atoms with Crippen LogP contribution in [0.5, 0.6) is 0 Å². The molecule has 0 aliphatic heterocycles. The molecule has 0 bridgehead atoms. The van der Waals surface area contributed by atoms with E-state index in [2.05, 4.69) is 19.1 Å². The third-order valence-corrected chi connectivity index (χ3v) is 3.82. The average molecular weight is 283 g/mol. The molecule has 0 aliphatic rings. The fraction of sp³-hybridized carbons (Fsp3) is 0.889. The zero-order valence-electron chi connectivity index (χ0n) is 13.7. The first-order chi connectivity index (χ1) is 9.81. The molecule has 3 N–H and O–H groups in total. The molecule has 0 radical (unpaired) electrons. The zero-order chi connectivity index (χ0) is 14.9. The molecule has 0 saturated heterocycles. The Labute approximate surface area is 126 Å². The van der Waals surface area contributed by atoms with Gasteiger partial charge in [0.15, 0.2) is 0 Å². The number of aliphatic hydroxyl groups excluding tert-OH is 1. The lowest BCUT2D eigenvalue weighted by Crippen LogP contribution is -2.23. The van der Waals surface area contributed by atoms with Crippen molar-refractivity contribution < 1.29 is 5.11 Å². The van der Waals surface area contributed by atoms with E-state index in [1.165, 1.54) is 70.6 Å². The second kappa shape index (κ2) is 16.7. The van der Waals surface area contributed by atoms with E-state index in [9.17, 15) is 0 Å². The van der Waals surface area contributed by atoms with Crippen molar-refractivity contribution in [2.45, 2.75) is 96.4 Å². The van der Waals surface area contributed by atoms with E-state index in [4.69, 9.17) is 10.8 Å². The highest BCUT2D eigenvalue weighted by Crippen LogP contribution is 2.09. The highest BCUT2D eigenvalue weighted by Gasteiger charge is 1.98. The van der Waals surface area contributed by atoms with Crippen LogP contribution in [0.1, 0.15) is 90.4 Å². The second-order valence-corrected chi connectivity index (χ2v) is 5.96. The molecule has 0 rings (SSSR count). The molecule has 0 heterocycles. The minimum atomic E-state index is -0.00720. The van der Waals surface area contributed by atoms with Gasteiger partial charge in [-0.15, -0.1) is 0 Å². The first-order valence-corrected chi connectivity index (χ1v) is 8.82. The van der Waals surface area contributed by atoms with Gasteiger partial charge in [0.25, 0.3) is 0 Å². The van der Waals surface area contributed by atoms with Gasteiger partial charge >= 0.3 is 0 Å². The predicted octanol–water partition coefficient (Wildman–Crippen LogP) is 4.95. The Balaban J connectivity index is 3.09. The molecule has 0 aromatic carbocycles. The Morgan fingerprint density at radius 3 is 1.85 bits per heavy atom. The van der Waals surface area contributed by atoms with Gasteiger partial charge in [-0.1, -0.05) is 70.4 Å². The van der Waals surface area contributed by atoms with Crippen molar-refractivity contribution in [2.75, 3.05) is 6.61 Å². The molecule has 120 valence electrons. The summed E-state index contributed by atoms with van der Waals surface area (Å²) in [5.74, 6) is 0. The lowest BCUT2D eigenvalue weighted by atomic mass is 10.1. The lowest BCUT2D eigenvalue weighted by molar-refractivity contribution is 0.257. The molecule has 20 heavy (non-hydrogen) atoms. The SMILES string of the molecule is CCCCCCCC/C=C\CCCCCC[C@H](N)CO. The van der Waals surface area contributed by atoms with E-state index in [1.807, 2.05) is 0 Å². The van der Waals surface area contributed by atoms with Gasteiger partial charge in [-0.3, -0.25) is 0 Å². The van der Waals surface area contributed by atoms with Crippen LogP contribution in [0.4, 0.5) is 0 Å². The first-order valence-electron chi connectivity index (χ1n) is 8.82. The number of nitrogens with two attached hydrogens (primary N) is 1. The summed E-state index contributed by atoms with van der Waals surface area (Å²) in [6.45, 7) is 2.39. The topological polar surface area (TPSA) is 46.2 Å². The first kappa shape index (κ1) is 19.7. The third kappa shape index (κ3) is 15.7. The Morgan fingerprint density at radius 2 is 1.30 bits per heavy atom. The highest BCUT2D eigenvalue weighted by molar-refractivity contribution is 4.81. The van der Waals surface area contributed by atoms with Crippen molar-refractivity contribution in [3.05, 3.63) is 12.2 Å². The minimum Gasteiger partial charge on any atom is -0.395 e. The molecular formula is C18H37NO. The van der Waals surface area contributed by atoms with Crippen LogP contribution in [-0.4, -0.2) is 17.8 Å². The van der Waals surface area contributed by atoms with Crippen LogP contribution in [0.25, 0.3) is 0 Å². The van der Waals surface area contributed by atoms with Gasteiger partial charge in [0.1, 0.15) is 0 Å². The number of hydrogen-bond donors (Lipinski definition) is 2. The number of rotatable bonds is 15. The molecule has 1 atom stereocenters. The normalized spacial score (nSPS) is 13.2. The summed E-state index contributed by atoms with van der Waals surface area (Å²) >= 11 is 0. The number of hydrogen-bond acceptors (Lipinski definition) is 2. The molecule has 0 spiro atoms. The maximum Gasteiger partial charge on any atom is 0.0582 e. The Kier molecular flexibility index (Phi) is 16.4. The van der Waals surface area contributed by atoms with Gasteiger partial charge < -0.3 is 10.8 Å². The molecule has 0 saturated carbocycles. The highest BCUT2D eigenvalue weighted by atomic mass is 16.3. The van der Waals surface area contributed by atoms with Gasteiger partial charge in [-0.2, -0.15) is 0 Å². The smallest absolute Gasteiger partial charge is 0.0582 e. The van der Waals surface area contributed by atoms with Crippen molar-refractivity contribution >= 4 is 0 Å². The summed E-state index contributed by atoms with van der Waals surface area (Å²) in [6.07, 6.45) is 21.5. The second-order valence-electron chi connectivity index (χ2n) is 5.96. The van der Waals surface area contributed by atoms with Crippen LogP contribution in [0.15, 0.2) is 12.2 Å². The van der Waals surface area contributed by atoms with Crippen LogP contribution < -0.4 is 5.73 Å². The van der Waals surface area contributed by atoms with E-state index in [-0.39, 0.29) is 12.6 Å². The van der Waals surface area contributed by atoms with Crippen LogP contribution >= 0.6 is 0 Å². The number of allylic oxidation sites excluding steroid dienone is 2. The largest absolute Gasteiger partial charge is 0.395 e. The summed E-state index contributed by atoms with van der Waals surface area (Å²) in [6, 6.07) is -0.00720. The Morgan fingerprint density at radius 1 is 0.800 bits per heavy atom. The summed E-state index contributed by atoms with van der Waals surface area (Å²) < 4.78 is 0. The Bertz CT molecular complexity index is 204.